The molecule has 0 aliphatic heterocycles. The number of pyridine rings is 1. The van der Waals surface area contributed by atoms with E-state index in [9.17, 15) is 0 Å². The minimum atomic E-state index is 0.141. The van der Waals surface area contributed by atoms with E-state index in [0.717, 1.165) is 17.4 Å². The predicted octanol–water partition coefficient (Wildman–Crippen LogP) is 4.64. The summed E-state index contributed by atoms with van der Waals surface area (Å²) < 4.78 is 0. The first-order valence-electron chi connectivity index (χ1n) is 6.40. The molecule has 2 rings (SSSR count). The molecule has 1 N–H and O–H groups in total. The SMILES string of the molecule is CC(C)(C)c1ccc(NCc2ccc(Cl)cc2)nc1. The van der Waals surface area contributed by atoms with Gasteiger partial charge < -0.3 is 5.32 Å². The maximum atomic E-state index is 5.86. The lowest BCUT2D eigenvalue weighted by atomic mass is 9.88. The van der Waals surface area contributed by atoms with Gasteiger partial charge in [-0.25, -0.2) is 4.98 Å². The van der Waals surface area contributed by atoms with Crippen molar-refractivity contribution in [3.63, 3.8) is 0 Å². The Hall–Kier alpha value is -1.54. The lowest BCUT2D eigenvalue weighted by molar-refractivity contribution is 0.587. The van der Waals surface area contributed by atoms with Crippen molar-refractivity contribution in [2.45, 2.75) is 32.7 Å². The number of benzene rings is 1. The second-order valence-electron chi connectivity index (χ2n) is 5.66. The fourth-order valence-corrected chi connectivity index (χ4v) is 1.86. The van der Waals surface area contributed by atoms with Gasteiger partial charge in [0.05, 0.1) is 0 Å². The summed E-state index contributed by atoms with van der Waals surface area (Å²) in [6.45, 7) is 7.31. The summed E-state index contributed by atoms with van der Waals surface area (Å²) in [5, 5.41) is 4.07. The van der Waals surface area contributed by atoms with Gasteiger partial charge in [-0.3, -0.25) is 0 Å². The van der Waals surface area contributed by atoms with Crippen molar-refractivity contribution in [2.24, 2.45) is 0 Å². The van der Waals surface area contributed by atoms with Gasteiger partial charge >= 0.3 is 0 Å². The number of anilines is 1. The van der Waals surface area contributed by atoms with Crippen molar-refractivity contribution < 1.29 is 0 Å². The van der Waals surface area contributed by atoms with Crippen LogP contribution in [0.3, 0.4) is 0 Å². The van der Waals surface area contributed by atoms with Gasteiger partial charge in [-0.1, -0.05) is 50.6 Å². The summed E-state index contributed by atoms with van der Waals surface area (Å²) in [7, 11) is 0. The zero-order valence-electron chi connectivity index (χ0n) is 11.6. The number of hydrogen-bond donors (Lipinski definition) is 1. The molecule has 0 atom stereocenters. The Morgan fingerprint density at radius 1 is 1.05 bits per heavy atom. The molecular formula is C16H19ClN2. The topological polar surface area (TPSA) is 24.9 Å². The number of hydrogen-bond acceptors (Lipinski definition) is 2. The van der Waals surface area contributed by atoms with Gasteiger partial charge in [0, 0.05) is 17.8 Å². The number of nitrogens with one attached hydrogen (secondary N) is 1. The standard InChI is InChI=1S/C16H19ClN2/c1-16(2,3)13-6-9-15(19-11-13)18-10-12-4-7-14(17)8-5-12/h4-9,11H,10H2,1-3H3,(H,18,19). The molecule has 1 aromatic heterocycles. The van der Waals surface area contributed by atoms with Crippen LogP contribution < -0.4 is 5.32 Å². The highest BCUT2D eigenvalue weighted by Gasteiger charge is 2.13. The molecule has 0 saturated carbocycles. The normalized spacial score (nSPS) is 11.4. The van der Waals surface area contributed by atoms with Gasteiger partial charge in [0.15, 0.2) is 0 Å². The molecule has 1 aromatic carbocycles. The van der Waals surface area contributed by atoms with Crippen LogP contribution in [0.5, 0.6) is 0 Å². The first-order chi connectivity index (χ1) is 8.95. The van der Waals surface area contributed by atoms with E-state index in [1.807, 2.05) is 36.5 Å². The Morgan fingerprint density at radius 2 is 1.74 bits per heavy atom. The lowest BCUT2D eigenvalue weighted by Gasteiger charge is -2.18. The Kier molecular flexibility index (Phi) is 4.11. The molecule has 2 nitrogen and oxygen atoms in total. The van der Waals surface area contributed by atoms with Crippen LogP contribution in [0.25, 0.3) is 0 Å². The van der Waals surface area contributed by atoms with Crippen molar-refractivity contribution in [1.29, 1.82) is 0 Å². The lowest BCUT2D eigenvalue weighted by Crippen LogP contribution is -2.11. The third-order valence-corrected chi connectivity index (χ3v) is 3.27. The average Bonchev–Trinajstić information content (AvgIpc) is 2.37. The summed E-state index contributed by atoms with van der Waals surface area (Å²) in [5.74, 6) is 0.892. The molecular weight excluding hydrogens is 256 g/mol. The highest BCUT2D eigenvalue weighted by Crippen LogP contribution is 2.22. The molecule has 100 valence electrons. The Labute approximate surface area is 119 Å². The maximum absolute atomic E-state index is 5.86. The number of nitrogens with zero attached hydrogens (tertiary/aromatic N) is 1. The first-order valence-corrected chi connectivity index (χ1v) is 6.78. The second kappa shape index (κ2) is 5.62. The van der Waals surface area contributed by atoms with Crippen LogP contribution in [0.1, 0.15) is 31.9 Å². The molecule has 0 aliphatic carbocycles. The predicted molar refractivity (Wildman–Crippen MR) is 81.7 cm³/mol. The van der Waals surface area contributed by atoms with Gasteiger partial charge in [0.1, 0.15) is 5.82 Å². The monoisotopic (exact) mass is 274 g/mol. The highest BCUT2D eigenvalue weighted by atomic mass is 35.5. The van der Waals surface area contributed by atoms with Crippen LogP contribution in [0, 0.1) is 0 Å². The molecule has 0 fully saturated rings. The molecule has 0 amide bonds. The van der Waals surface area contributed by atoms with Crippen LogP contribution in [0.15, 0.2) is 42.6 Å². The molecule has 2 aromatic rings. The average molecular weight is 275 g/mol. The summed E-state index contributed by atoms with van der Waals surface area (Å²) in [6.07, 6.45) is 1.93. The molecule has 0 unspecified atom stereocenters. The summed E-state index contributed by atoms with van der Waals surface area (Å²) in [5.41, 5.74) is 2.57. The largest absolute Gasteiger partial charge is 0.366 e. The zero-order valence-corrected chi connectivity index (χ0v) is 12.3. The number of aromatic nitrogens is 1. The van der Waals surface area contributed by atoms with Gasteiger partial charge in [-0.2, -0.15) is 0 Å². The summed E-state index contributed by atoms with van der Waals surface area (Å²) >= 11 is 5.86. The molecule has 0 saturated heterocycles. The quantitative estimate of drug-likeness (QED) is 0.882. The van der Waals surface area contributed by atoms with Crippen molar-refractivity contribution >= 4 is 17.4 Å². The smallest absolute Gasteiger partial charge is 0.126 e. The molecule has 3 heteroatoms. The van der Waals surface area contributed by atoms with E-state index in [-0.39, 0.29) is 5.41 Å². The van der Waals surface area contributed by atoms with Crippen molar-refractivity contribution in [3.05, 3.63) is 58.7 Å². The maximum Gasteiger partial charge on any atom is 0.126 e. The van der Waals surface area contributed by atoms with Crippen LogP contribution >= 0.6 is 11.6 Å². The van der Waals surface area contributed by atoms with Crippen LogP contribution in [0.2, 0.25) is 5.02 Å². The molecule has 0 aliphatic rings. The van der Waals surface area contributed by atoms with Gasteiger partial charge in [0.2, 0.25) is 0 Å². The van der Waals surface area contributed by atoms with Crippen molar-refractivity contribution in [2.75, 3.05) is 5.32 Å². The van der Waals surface area contributed by atoms with Crippen LogP contribution in [-0.4, -0.2) is 4.98 Å². The molecule has 0 radical (unpaired) electrons. The number of rotatable bonds is 3. The Balaban J connectivity index is 1.98. The van der Waals surface area contributed by atoms with Gasteiger partial charge in [-0.15, -0.1) is 0 Å². The van der Waals surface area contributed by atoms with E-state index in [0.29, 0.717) is 0 Å². The first kappa shape index (κ1) is 13.9. The highest BCUT2D eigenvalue weighted by molar-refractivity contribution is 6.30. The van der Waals surface area contributed by atoms with Crippen LogP contribution in [-0.2, 0) is 12.0 Å². The van der Waals surface area contributed by atoms with E-state index >= 15 is 0 Å². The van der Waals surface area contributed by atoms with Crippen molar-refractivity contribution in [3.8, 4) is 0 Å². The Morgan fingerprint density at radius 3 is 2.26 bits per heavy atom. The van der Waals surface area contributed by atoms with Crippen LogP contribution in [0.4, 0.5) is 5.82 Å². The van der Waals surface area contributed by atoms with E-state index in [1.165, 1.54) is 11.1 Å². The second-order valence-corrected chi connectivity index (χ2v) is 6.10. The molecule has 19 heavy (non-hydrogen) atoms. The minimum Gasteiger partial charge on any atom is -0.366 e. The minimum absolute atomic E-state index is 0.141. The summed E-state index contributed by atoms with van der Waals surface area (Å²) in [4.78, 5) is 4.44. The number of halogens is 1. The van der Waals surface area contributed by atoms with E-state index in [2.05, 4.69) is 37.1 Å². The molecule has 0 spiro atoms. The third-order valence-electron chi connectivity index (χ3n) is 3.02. The fraction of sp³-hybridized carbons (Fsp3) is 0.312. The van der Waals surface area contributed by atoms with Crippen molar-refractivity contribution in [1.82, 2.24) is 4.98 Å². The van der Waals surface area contributed by atoms with Gasteiger partial charge in [-0.05, 0) is 34.7 Å². The summed E-state index contributed by atoms with van der Waals surface area (Å²) in [6, 6.07) is 12.0. The molecule has 0 bridgehead atoms. The third kappa shape index (κ3) is 3.97. The van der Waals surface area contributed by atoms with E-state index in [1.54, 1.807) is 0 Å². The Bertz CT molecular complexity index is 524. The van der Waals surface area contributed by atoms with Gasteiger partial charge in [0.25, 0.3) is 0 Å². The molecule has 1 heterocycles. The van der Waals surface area contributed by atoms with E-state index < -0.39 is 0 Å². The zero-order chi connectivity index (χ0) is 13.9. The van der Waals surface area contributed by atoms with E-state index in [4.69, 9.17) is 11.6 Å². The fourth-order valence-electron chi connectivity index (χ4n) is 1.74.